The molecule has 0 amide bonds. The fourth-order valence-corrected chi connectivity index (χ4v) is 1.76. The molecule has 1 N–H and O–H groups in total. The van der Waals surface area contributed by atoms with Gasteiger partial charge in [0.05, 0.1) is 0 Å². The van der Waals surface area contributed by atoms with E-state index < -0.39 is 5.97 Å². The number of para-hydroxylation sites is 1. The van der Waals surface area contributed by atoms with E-state index in [1.165, 1.54) is 0 Å². The molecule has 0 saturated heterocycles. The van der Waals surface area contributed by atoms with Crippen molar-refractivity contribution in [2.75, 3.05) is 18.0 Å². The van der Waals surface area contributed by atoms with Crippen molar-refractivity contribution in [3.8, 4) is 0 Å². The molecule has 1 rings (SSSR count). The summed E-state index contributed by atoms with van der Waals surface area (Å²) in [5, 5.41) is 8.68. The van der Waals surface area contributed by atoms with Crippen LogP contribution in [0.25, 0.3) is 0 Å². The zero-order chi connectivity index (χ0) is 13.4. The average molecular weight is 247 g/mol. The summed E-state index contributed by atoms with van der Waals surface area (Å²) in [7, 11) is 0. The maximum absolute atomic E-state index is 10.6. The van der Waals surface area contributed by atoms with Gasteiger partial charge in [0.2, 0.25) is 0 Å². The Labute approximate surface area is 109 Å². The lowest BCUT2D eigenvalue weighted by Crippen LogP contribution is -2.26. The van der Waals surface area contributed by atoms with Crippen molar-refractivity contribution >= 4 is 11.7 Å². The van der Waals surface area contributed by atoms with E-state index in [2.05, 4.69) is 23.6 Å². The van der Waals surface area contributed by atoms with Gasteiger partial charge in [0.15, 0.2) is 0 Å². The highest BCUT2D eigenvalue weighted by Crippen LogP contribution is 2.15. The smallest absolute Gasteiger partial charge is 0.303 e. The molecule has 0 aliphatic heterocycles. The van der Waals surface area contributed by atoms with Gasteiger partial charge >= 0.3 is 5.97 Å². The van der Waals surface area contributed by atoms with Crippen LogP contribution in [-0.2, 0) is 4.79 Å². The second-order valence-electron chi connectivity index (χ2n) is 4.53. The van der Waals surface area contributed by atoms with Crippen LogP contribution < -0.4 is 4.90 Å². The van der Waals surface area contributed by atoms with Crippen molar-refractivity contribution in [1.82, 2.24) is 0 Å². The Hall–Kier alpha value is -1.77. The Kier molecular flexibility index (Phi) is 5.98. The SMILES string of the molecule is C=C(C)CCN(CCCC(=O)O)c1ccccc1. The van der Waals surface area contributed by atoms with Crippen molar-refractivity contribution in [2.24, 2.45) is 0 Å². The van der Waals surface area contributed by atoms with E-state index in [0.717, 1.165) is 30.8 Å². The van der Waals surface area contributed by atoms with Gasteiger partial charge in [0.1, 0.15) is 0 Å². The lowest BCUT2D eigenvalue weighted by molar-refractivity contribution is -0.137. The van der Waals surface area contributed by atoms with Crippen molar-refractivity contribution in [3.63, 3.8) is 0 Å². The summed E-state index contributed by atoms with van der Waals surface area (Å²) in [6.45, 7) is 7.58. The minimum Gasteiger partial charge on any atom is -0.481 e. The van der Waals surface area contributed by atoms with Gasteiger partial charge < -0.3 is 10.0 Å². The first-order valence-corrected chi connectivity index (χ1v) is 6.26. The van der Waals surface area contributed by atoms with E-state index >= 15 is 0 Å². The average Bonchev–Trinajstić information content (AvgIpc) is 2.34. The third-order valence-electron chi connectivity index (χ3n) is 2.75. The largest absolute Gasteiger partial charge is 0.481 e. The molecule has 0 unspecified atom stereocenters. The summed E-state index contributed by atoms with van der Waals surface area (Å²) < 4.78 is 0. The monoisotopic (exact) mass is 247 g/mol. The van der Waals surface area contributed by atoms with E-state index in [1.807, 2.05) is 25.1 Å². The molecule has 0 aromatic heterocycles. The van der Waals surface area contributed by atoms with Crippen LogP contribution in [-0.4, -0.2) is 24.2 Å². The summed E-state index contributed by atoms with van der Waals surface area (Å²) in [5.41, 5.74) is 2.29. The summed E-state index contributed by atoms with van der Waals surface area (Å²) in [5.74, 6) is -0.733. The van der Waals surface area contributed by atoms with Crippen LogP contribution in [0.4, 0.5) is 5.69 Å². The molecular weight excluding hydrogens is 226 g/mol. The number of aliphatic carboxylic acids is 1. The zero-order valence-corrected chi connectivity index (χ0v) is 10.9. The Morgan fingerprint density at radius 2 is 1.89 bits per heavy atom. The van der Waals surface area contributed by atoms with Crippen molar-refractivity contribution < 1.29 is 9.90 Å². The number of anilines is 1. The quantitative estimate of drug-likeness (QED) is 0.716. The Bertz CT molecular complexity index is 387. The van der Waals surface area contributed by atoms with Gasteiger partial charge in [-0.15, -0.1) is 6.58 Å². The number of carbonyl (C=O) groups is 1. The summed E-state index contributed by atoms with van der Waals surface area (Å²) >= 11 is 0. The maximum atomic E-state index is 10.6. The van der Waals surface area contributed by atoms with Crippen LogP contribution in [0.5, 0.6) is 0 Å². The molecule has 0 heterocycles. The summed E-state index contributed by atoms with van der Waals surface area (Å²) in [6, 6.07) is 10.1. The molecule has 0 saturated carbocycles. The number of rotatable bonds is 8. The standard InChI is InChI=1S/C15H21NO2/c1-13(2)10-12-16(11-6-9-15(17)18)14-7-4-3-5-8-14/h3-5,7-8H,1,6,9-12H2,2H3,(H,17,18). The van der Waals surface area contributed by atoms with Gasteiger partial charge in [-0.05, 0) is 31.9 Å². The van der Waals surface area contributed by atoms with Gasteiger partial charge in [-0.1, -0.05) is 23.8 Å². The molecular formula is C15H21NO2. The Morgan fingerprint density at radius 3 is 2.44 bits per heavy atom. The molecule has 0 radical (unpaired) electrons. The van der Waals surface area contributed by atoms with Gasteiger partial charge in [0.25, 0.3) is 0 Å². The highest BCUT2D eigenvalue weighted by atomic mass is 16.4. The normalized spacial score (nSPS) is 10.1. The second-order valence-corrected chi connectivity index (χ2v) is 4.53. The Morgan fingerprint density at radius 1 is 1.22 bits per heavy atom. The predicted octanol–water partition coefficient (Wildman–Crippen LogP) is 3.32. The van der Waals surface area contributed by atoms with Crippen molar-refractivity contribution in [1.29, 1.82) is 0 Å². The zero-order valence-electron chi connectivity index (χ0n) is 10.9. The highest BCUT2D eigenvalue weighted by molar-refractivity contribution is 5.66. The minimum absolute atomic E-state index is 0.219. The Balaban J connectivity index is 2.57. The first-order valence-electron chi connectivity index (χ1n) is 6.26. The molecule has 0 atom stereocenters. The number of nitrogens with zero attached hydrogens (tertiary/aromatic N) is 1. The second kappa shape index (κ2) is 7.54. The molecule has 0 spiro atoms. The third-order valence-corrected chi connectivity index (χ3v) is 2.75. The van der Waals surface area contributed by atoms with Crippen LogP contribution >= 0.6 is 0 Å². The molecule has 1 aromatic carbocycles. The van der Waals surface area contributed by atoms with Crippen LogP contribution in [0.1, 0.15) is 26.2 Å². The number of hydrogen-bond acceptors (Lipinski definition) is 2. The maximum Gasteiger partial charge on any atom is 0.303 e. The number of benzene rings is 1. The van der Waals surface area contributed by atoms with E-state index in [1.54, 1.807) is 0 Å². The fraction of sp³-hybridized carbons (Fsp3) is 0.400. The first kappa shape index (κ1) is 14.3. The van der Waals surface area contributed by atoms with Crippen molar-refractivity contribution in [3.05, 3.63) is 42.5 Å². The molecule has 0 fully saturated rings. The summed E-state index contributed by atoms with van der Waals surface area (Å²) in [4.78, 5) is 12.8. The number of hydrogen-bond donors (Lipinski definition) is 1. The fourth-order valence-electron chi connectivity index (χ4n) is 1.76. The lowest BCUT2D eigenvalue weighted by atomic mass is 10.2. The number of carboxylic acid groups (broad SMARTS) is 1. The van der Waals surface area contributed by atoms with Gasteiger partial charge in [-0.25, -0.2) is 0 Å². The minimum atomic E-state index is -0.733. The van der Waals surface area contributed by atoms with Gasteiger partial charge in [-0.3, -0.25) is 4.79 Å². The molecule has 0 aliphatic rings. The molecule has 1 aromatic rings. The summed E-state index contributed by atoms with van der Waals surface area (Å²) in [6.07, 6.45) is 1.82. The van der Waals surface area contributed by atoms with Gasteiger partial charge in [0, 0.05) is 25.2 Å². The molecule has 18 heavy (non-hydrogen) atoms. The van der Waals surface area contributed by atoms with E-state index in [4.69, 9.17) is 5.11 Å². The van der Waals surface area contributed by atoms with Crippen LogP contribution in [0.15, 0.2) is 42.5 Å². The van der Waals surface area contributed by atoms with E-state index in [-0.39, 0.29) is 6.42 Å². The molecule has 0 aliphatic carbocycles. The topological polar surface area (TPSA) is 40.5 Å². The molecule has 3 nitrogen and oxygen atoms in total. The van der Waals surface area contributed by atoms with Crippen LogP contribution in [0, 0.1) is 0 Å². The van der Waals surface area contributed by atoms with Gasteiger partial charge in [-0.2, -0.15) is 0 Å². The lowest BCUT2D eigenvalue weighted by Gasteiger charge is -2.24. The highest BCUT2D eigenvalue weighted by Gasteiger charge is 2.07. The van der Waals surface area contributed by atoms with Crippen molar-refractivity contribution in [2.45, 2.75) is 26.2 Å². The molecule has 0 bridgehead atoms. The van der Waals surface area contributed by atoms with E-state index in [9.17, 15) is 4.79 Å². The molecule has 3 heteroatoms. The van der Waals surface area contributed by atoms with Crippen LogP contribution in [0.3, 0.4) is 0 Å². The van der Waals surface area contributed by atoms with Crippen LogP contribution in [0.2, 0.25) is 0 Å². The molecule has 98 valence electrons. The van der Waals surface area contributed by atoms with E-state index in [0.29, 0.717) is 6.42 Å². The first-order chi connectivity index (χ1) is 8.59. The number of carboxylic acids is 1. The predicted molar refractivity (Wildman–Crippen MR) is 75.0 cm³/mol. The third kappa shape index (κ3) is 5.53.